The highest BCUT2D eigenvalue weighted by molar-refractivity contribution is 8.00. The summed E-state index contributed by atoms with van der Waals surface area (Å²) >= 11 is 1.40. The van der Waals surface area contributed by atoms with E-state index in [4.69, 9.17) is 0 Å². The topological polar surface area (TPSA) is 83.8 Å². The van der Waals surface area contributed by atoms with Gasteiger partial charge in [0.15, 0.2) is 0 Å². The number of carbonyl (C=O) groups excluding carboxylic acids is 2. The number of piperidine rings is 1. The molecule has 0 bridgehead atoms. The van der Waals surface area contributed by atoms with Crippen molar-refractivity contribution in [1.82, 2.24) is 9.80 Å². The van der Waals surface area contributed by atoms with E-state index in [1.54, 1.807) is 12.1 Å². The molecule has 1 atom stereocenters. The molecule has 1 fully saturated rings. The SMILES string of the molecule is CCN(CC)C(=O)C1CCN(C(=O)C(C)Sc2ccc([N+](=O)[O-])cc2)CC1. The van der Waals surface area contributed by atoms with Crippen LogP contribution in [0, 0.1) is 16.0 Å². The van der Waals surface area contributed by atoms with E-state index in [9.17, 15) is 19.7 Å². The maximum absolute atomic E-state index is 12.7. The fourth-order valence-corrected chi connectivity index (χ4v) is 4.25. The summed E-state index contributed by atoms with van der Waals surface area (Å²) < 4.78 is 0. The summed E-state index contributed by atoms with van der Waals surface area (Å²) in [6.45, 7) is 8.45. The first-order chi connectivity index (χ1) is 12.9. The van der Waals surface area contributed by atoms with Crippen molar-refractivity contribution in [2.24, 2.45) is 5.92 Å². The Labute approximate surface area is 164 Å². The summed E-state index contributed by atoms with van der Waals surface area (Å²) in [5, 5.41) is 10.4. The minimum Gasteiger partial charge on any atom is -0.343 e. The van der Waals surface area contributed by atoms with Gasteiger partial charge in [0.25, 0.3) is 5.69 Å². The Morgan fingerprint density at radius 3 is 2.26 bits per heavy atom. The number of rotatable bonds is 7. The summed E-state index contributed by atoms with van der Waals surface area (Å²) in [6, 6.07) is 6.23. The van der Waals surface area contributed by atoms with Gasteiger partial charge < -0.3 is 9.80 Å². The van der Waals surface area contributed by atoms with Gasteiger partial charge in [0.2, 0.25) is 11.8 Å². The molecule has 1 saturated heterocycles. The van der Waals surface area contributed by atoms with Crippen LogP contribution >= 0.6 is 11.8 Å². The van der Waals surface area contributed by atoms with Crippen molar-refractivity contribution >= 4 is 29.3 Å². The smallest absolute Gasteiger partial charge is 0.269 e. The average molecular weight is 394 g/mol. The number of nitro benzene ring substituents is 1. The van der Waals surface area contributed by atoms with Gasteiger partial charge in [-0.1, -0.05) is 0 Å². The number of nitrogens with zero attached hydrogens (tertiary/aromatic N) is 3. The van der Waals surface area contributed by atoms with Crippen LogP contribution in [0.3, 0.4) is 0 Å². The zero-order chi connectivity index (χ0) is 20.0. The Kier molecular flexibility index (Phi) is 7.65. The molecule has 27 heavy (non-hydrogen) atoms. The van der Waals surface area contributed by atoms with Gasteiger partial charge in [-0.05, 0) is 45.7 Å². The normalized spacial score (nSPS) is 16.0. The highest BCUT2D eigenvalue weighted by atomic mass is 32.2. The lowest BCUT2D eigenvalue weighted by atomic mass is 9.95. The molecule has 0 radical (unpaired) electrons. The second kappa shape index (κ2) is 9.73. The van der Waals surface area contributed by atoms with Gasteiger partial charge in [-0.15, -0.1) is 11.8 Å². The molecule has 2 amide bonds. The number of likely N-dealkylation sites (tertiary alicyclic amines) is 1. The van der Waals surface area contributed by atoms with Crippen LogP contribution in [0.25, 0.3) is 0 Å². The van der Waals surface area contributed by atoms with E-state index < -0.39 is 4.92 Å². The molecule has 0 aromatic heterocycles. The predicted molar refractivity (Wildman–Crippen MR) is 106 cm³/mol. The number of nitro groups is 1. The minimum atomic E-state index is -0.438. The van der Waals surface area contributed by atoms with Gasteiger partial charge in [0, 0.05) is 49.1 Å². The van der Waals surface area contributed by atoms with E-state index >= 15 is 0 Å². The molecule has 1 heterocycles. The Morgan fingerprint density at radius 1 is 1.22 bits per heavy atom. The van der Waals surface area contributed by atoms with E-state index in [2.05, 4.69) is 0 Å². The lowest BCUT2D eigenvalue weighted by Crippen LogP contribution is -2.46. The fourth-order valence-electron chi connectivity index (χ4n) is 3.30. The molecule has 7 nitrogen and oxygen atoms in total. The molecule has 1 unspecified atom stereocenters. The molecule has 1 aliphatic rings. The number of carbonyl (C=O) groups is 2. The molecule has 2 rings (SSSR count). The van der Waals surface area contributed by atoms with Gasteiger partial charge in [0.05, 0.1) is 10.2 Å². The molecule has 0 aliphatic carbocycles. The Morgan fingerprint density at radius 2 is 1.78 bits per heavy atom. The van der Waals surface area contributed by atoms with Crippen molar-refractivity contribution in [3.63, 3.8) is 0 Å². The number of thioether (sulfide) groups is 1. The molecule has 148 valence electrons. The Balaban J connectivity index is 1.87. The molecule has 0 spiro atoms. The predicted octanol–water partition coefficient (Wildman–Crippen LogP) is 3.18. The molecule has 1 aromatic carbocycles. The maximum Gasteiger partial charge on any atom is 0.269 e. The number of hydrogen-bond acceptors (Lipinski definition) is 5. The first-order valence-corrected chi connectivity index (χ1v) is 10.2. The number of hydrogen-bond donors (Lipinski definition) is 0. The lowest BCUT2D eigenvalue weighted by Gasteiger charge is -2.34. The van der Waals surface area contributed by atoms with E-state index in [1.807, 2.05) is 30.6 Å². The third-order valence-electron chi connectivity index (χ3n) is 4.94. The number of amides is 2. The van der Waals surface area contributed by atoms with Crippen LogP contribution in [-0.4, -0.2) is 58.0 Å². The third-order valence-corrected chi connectivity index (χ3v) is 6.04. The largest absolute Gasteiger partial charge is 0.343 e. The highest BCUT2D eigenvalue weighted by Gasteiger charge is 2.31. The Hall–Kier alpha value is -2.09. The second-order valence-corrected chi connectivity index (χ2v) is 8.04. The molecular weight excluding hydrogens is 366 g/mol. The molecule has 0 N–H and O–H groups in total. The maximum atomic E-state index is 12.7. The molecule has 1 aliphatic heterocycles. The Bertz CT molecular complexity index is 668. The van der Waals surface area contributed by atoms with Crippen molar-refractivity contribution in [2.75, 3.05) is 26.2 Å². The molecule has 8 heteroatoms. The van der Waals surface area contributed by atoms with E-state index in [1.165, 1.54) is 23.9 Å². The fraction of sp³-hybridized carbons (Fsp3) is 0.579. The second-order valence-electron chi connectivity index (χ2n) is 6.62. The standard InChI is InChI=1S/C19H27N3O4S/c1-4-20(5-2)19(24)15-10-12-21(13-11-15)18(23)14(3)27-17-8-6-16(7-9-17)22(25)26/h6-9,14-15H,4-5,10-13H2,1-3H3. The quantitative estimate of drug-likeness (QED) is 0.404. The molecule has 1 aromatic rings. The van der Waals surface area contributed by atoms with Gasteiger partial charge in [-0.25, -0.2) is 0 Å². The zero-order valence-corrected chi connectivity index (χ0v) is 16.9. The van der Waals surface area contributed by atoms with Gasteiger partial charge in [-0.3, -0.25) is 19.7 Å². The van der Waals surface area contributed by atoms with Crippen molar-refractivity contribution in [2.45, 2.75) is 43.8 Å². The van der Waals surface area contributed by atoms with Crippen molar-refractivity contribution in [3.05, 3.63) is 34.4 Å². The summed E-state index contributed by atoms with van der Waals surface area (Å²) in [6.07, 6.45) is 1.41. The van der Waals surface area contributed by atoms with Crippen molar-refractivity contribution in [3.8, 4) is 0 Å². The molecule has 0 saturated carbocycles. The monoisotopic (exact) mass is 393 g/mol. The number of non-ortho nitro benzene ring substituents is 1. The van der Waals surface area contributed by atoms with Crippen LogP contribution in [-0.2, 0) is 9.59 Å². The molecular formula is C19H27N3O4S. The first-order valence-electron chi connectivity index (χ1n) is 9.36. The lowest BCUT2D eigenvalue weighted by molar-refractivity contribution is -0.384. The van der Waals surface area contributed by atoms with E-state index in [0.717, 1.165) is 18.0 Å². The van der Waals surface area contributed by atoms with E-state index in [0.29, 0.717) is 25.9 Å². The van der Waals surface area contributed by atoms with Crippen LogP contribution in [0.15, 0.2) is 29.2 Å². The van der Waals surface area contributed by atoms with Crippen LogP contribution in [0.2, 0.25) is 0 Å². The summed E-state index contributed by atoms with van der Waals surface area (Å²) in [4.78, 5) is 39.9. The summed E-state index contributed by atoms with van der Waals surface area (Å²) in [5.74, 6) is 0.249. The van der Waals surface area contributed by atoms with Crippen LogP contribution < -0.4 is 0 Å². The van der Waals surface area contributed by atoms with E-state index in [-0.39, 0.29) is 28.7 Å². The van der Waals surface area contributed by atoms with Gasteiger partial charge >= 0.3 is 0 Å². The number of benzene rings is 1. The first kappa shape index (κ1) is 21.2. The van der Waals surface area contributed by atoms with Crippen molar-refractivity contribution < 1.29 is 14.5 Å². The van der Waals surface area contributed by atoms with Gasteiger partial charge in [0.1, 0.15) is 0 Å². The highest BCUT2D eigenvalue weighted by Crippen LogP contribution is 2.28. The van der Waals surface area contributed by atoms with Crippen molar-refractivity contribution in [1.29, 1.82) is 0 Å². The van der Waals surface area contributed by atoms with Gasteiger partial charge in [-0.2, -0.15) is 0 Å². The zero-order valence-electron chi connectivity index (χ0n) is 16.1. The van der Waals surface area contributed by atoms with Crippen LogP contribution in [0.4, 0.5) is 5.69 Å². The van der Waals surface area contributed by atoms with Crippen LogP contribution in [0.5, 0.6) is 0 Å². The third kappa shape index (κ3) is 5.45. The summed E-state index contributed by atoms with van der Waals surface area (Å²) in [5.41, 5.74) is 0.0401. The summed E-state index contributed by atoms with van der Waals surface area (Å²) in [7, 11) is 0. The average Bonchev–Trinajstić information content (AvgIpc) is 2.68. The minimum absolute atomic E-state index is 0.00609. The van der Waals surface area contributed by atoms with Crippen LogP contribution in [0.1, 0.15) is 33.6 Å².